The van der Waals surface area contributed by atoms with E-state index < -0.39 is 0 Å². The molecule has 0 aliphatic heterocycles. The Morgan fingerprint density at radius 2 is 0.804 bits per heavy atom. The van der Waals surface area contributed by atoms with Crippen molar-refractivity contribution in [1.82, 2.24) is 9.13 Å². The lowest BCUT2D eigenvalue weighted by Gasteiger charge is -2.13. The van der Waals surface area contributed by atoms with Crippen molar-refractivity contribution < 1.29 is 4.42 Å². The highest BCUT2D eigenvalue weighted by atomic mass is 16.3. The third-order valence-electron chi connectivity index (χ3n) is 10.5. The molecule has 8 aromatic carbocycles. The largest absolute Gasteiger partial charge is 0.456 e. The first-order valence-electron chi connectivity index (χ1n) is 17.4. The van der Waals surface area contributed by atoms with Gasteiger partial charge in [0, 0.05) is 43.7 Å². The lowest BCUT2D eigenvalue weighted by atomic mass is 10.0. The fourth-order valence-electron chi connectivity index (χ4n) is 8.19. The number of rotatable bonds is 4. The SMILES string of the molecule is c1ccc(-c2ccc3c(c2)c2ccc4c5cc(-c6ccccc6)ccc5n(-c5ccc6oc7ccccc7c6c5)c4c2n3-c2ccccc2)cc1. The van der Waals surface area contributed by atoms with E-state index in [-0.39, 0.29) is 0 Å². The van der Waals surface area contributed by atoms with Gasteiger partial charge in [0.25, 0.3) is 0 Å². The maximum absolute atomic E-state index is 6.29. The van der Waals surface area contributed by atoms with Crippen LogP contribution < -0.4 is 0 Å². The molecule has 3 heteroatoms. The number of benzene rings is 8. The molecule has 3 nitrogen and oxygen atoms in total. The highest BCUT2D eigenvalue weighted by Crippen LogP contribution is 2.44. The van der Waals surface area contributed by atoms with Crippen LogP contribution in [0.5, 0.6) is 0 Å². The molecule has 0 saturated carbocycles. The molecule has 0 atom stereocenters. The fourth-order valence-corrected chi connectivity index (χ4v) is 8.19. The molecule has 3 heterocycles. The molecule has 0 aliphatic carbocycles. The third-order valence-corrected chi connectivity index (χ3v) is 10.5. The second kappa shape index (κ2) is 10.8. The predicted molar refractivity (Wildman–Crippen MR) is 213 cm³/mol. The molecule has 0 bridgehead atoms. The van der Waals surface area contributed by atoms with Crippen molar-refractivity contribution in [3.05, 3.63) is 182 Å². The van der Waals surface area contributed by atoms with Gasteiger partial charge in [-0.25, -0.2) is 0 Å². The smallest absolute Gasteiger partial charge is 0.135 e. The number of aromatic nitrogens is 2. The quantitative estimate of drug-likeness (QED) is 0.186. The minimum absolute atomic E-state index is 0.893. The number of hydrogen-bond acceptors (Lipinski definition) is 1. The molecule has 3 aromatic heterocycles. The lowest BCUT2D eigenvalue weighted by molar-refractivity contribution is 0.669. The van der Waals surface area contributed by atoms with E-state index in [9.17, 15) is 0 Å². The summed E-state index contributed by atoms with van der Waals surface area (Å²) >= 11 is 0. The first-order valence-corrected chi connectivity index (χ1v) is 17.4. The van der Waals surface area contributed by atoms with Crippen molar-refractivity contribution >= 4 is 65.6 Å². The number of fused-ring (bicyclic) bond motifs is 10. The molecule has 11 rings (SSSR count). The van der Waals surface area contributed by atoms with Crippen LogP contribution in [0.15, 0.2) is 186 Å². The molecule has 0 aliphatic rings. The molecule has 11 aromatic rings. The van der Waals surface area contributed by atoms with Crippen LogP contribution >= 0.6 is 0 Å². The van der Waals surface area contributed by atoms with Gasteiger partial charge in [0.1, 0.15) is 11.2 Å². The molecule has 0 saturated heterocycles. The zero-order valence-electron chi connectivity index (χ0n) is 27.6. The van der Waals surface area contributed by atoms with Gasteiger partial charge in [0.15, 0.2) is 0 Å². The summed E-state index contributed by atoms with van der Waals surface area (Å²) in [5, 5.41) is 7.13. The Morgan fingerprint density at radius 3 is 1.41 bits per heavy atom. The van der Waals surface area contributed by atoms with E-state index in [2.05, 4.69) is 179 Å². The van der Waals surface area contributed by atoms with E-state index in [1.807, 2.05) is 12.1 Å². The van der Waals surface area contributed by atoms with Gasteiger partial charge >= 0.3 is 0 Å². The molecule has 0 amide bonds. The van der Waals surface area contributed by atoms with Gasteiger partial charge < -0.3 is 13.6 Å². The highest BCUT2D eigenvalue weighted by Gasteiger charge is 2.22. The van der Waals surface area contributed by atoms with Crippen LogP contribution in [0, 0.1) is 0 Å². The Balaban J connectivity index is 1.31. The summed E-state index contributed by atoms with van der Waals surface area (Å²) in [6.07, 6.45) is 0. The highest BCUT2D eigenvalue weighted by molar-refractivity contribution is 6.24. The Kier molecular flexibility index (Phi) is 5.96. The summed E-state index contributed by atoms with van der Waals surface area (Å²) in [7, 11) is 0. The molecule has 0 radical (unpaired) electrons. The monoisotopic (exact) mass is 650 g/mol. The standard InChI is InChI=1S/C48H30N2O/c1-4-12-31(13-5-1)33-20-25-43-40(28-33)38-23-24-39-41-29-34(32-14-6-2-7-15-32)21-26-44(41)50(48(39)47(38)49(43)35-16-8-3-9-17-35)36-22-27-46-42(30-36)37-18-10-11-19-45(37)51-46/h1-30H. The summed E-state index contributed by atoms with van der Waals surface area (Å²) in [6.45, 7) is 0. The molecule has 0 fully saturated rings. The number of nitrogens with zero attached hydrogens (tertiary/aromatic N) is 2. The van der Waals surface area contributed by atoms with Gasteiger partial charge in [-0.2, -0.15) is 0 Å². The second-order valence-electron chi connectivity index (χ2n) is 13.3. The lowest BCUT2D eigenvalue weighted by Crippen LogP contribution is -1.98. The summed E-state index contributed by atoms with van der Waals surface area (Å²) in [4.78, 5) is 0. The van der Waals surface area contributed by atoms with E-state index >= 15 is 0 Å². The Bertz CT molecular complexity index is 3110. The Morgan fingerprint density at radius 1 is 0.294 bits per heavy atom. The van der Waals surface area contributed by atoms with E-state index in [0.29, 0.717) is 0 Å². The molecular weight excluding hydrogens is 621 g/mol. The topological polar surface area (TPSA) is 23.0 Å². The van der Waals surface area contributed by atoms with E-state index in [4.69, 9.17) is 4.42 Å². The summed E-state index contributed by atoms with van der Waals surface area (Å²) in [5.41, 5.74) is 13.6. The van der Waals surface area contributed by atoms with Gasteiger partial charge in [0.05, 0.1) is 22.1 Å². The van der Waals surface area contributed by atoms with Gasteiger partial charge in [-0.1, -0.05) is 121 Å². The third kappa shape index (κ3) is 4.19. The van der Waals surface area contributed by atoms with E-state index in [1.165, 1.54) is 65.9 Å². The maximum Gasteiger partial charge on any atom is 0.135 e. The molecule has 0 N–H and O–H groups in total. The average Bonchev–Trinajstić information content (AvgIpc) is 3.85. The summed E-state index contributed by atoms with van der Waals surface area (Å²) in [5.74, 6) is 0. The Hall–Kier alpha value is -6.84. The first kappa shape index (κ1) is 28.0. The van der Waals surface area contributed by atoms with Gasteiger partial charge in [-0.05, 0) is 82.9 Å². The van der Waals surface area contributed by atoms with Crippen LogP contribution in [0.1, 0.15) is 0 Å². The van der Waals surface area contributed by atoms with Crippen molar-refractivity contribution in [3.8, 4) is 33.6 Å². The van der Waals surface area contributed by atoms with E-state index in [0.717, 1.165) is 33.3 Å². The zero-order chi connectivity index (χ0) is 33.5. The zero-order valence-corrected chi connectivity index (χ0v) is 27.6. The summed E-state index contributed by atoms with van der Waals surface area (Å²) < 4.78 is 11.2. The minimum Gasteiger partial charge on any atom is -0.456 e. The van der Waals surface area contributed by atoms with Gasteiger partial charge in [-0.3, -0.25) is 0 Å². The summed E-state index contributed by atoms with van der Waals surface area (Å²) in [6, 6.07) is 65.6. The maximum atomic E-state index is 6.29. The van der Waals surface area contributed by atoms with Crippen LogP contribution in [-0.2, 0) is 0 Å². The first-order chi connectivity index (χ1) is 25.3. The van der Waals surface area contributed by atoms with Crippen molar-refractivity contribution in [1.29, 1.82) is 0 Å². The molecule has 0 spiro atoms. The second-order valence-corrected chi connectivity index (χ2v) is 13.3. The van der Waals surface area contributed by atoms with Gasteiger partial charge in [-0.15, -0.1) is 0 Å². The molecule has 51 heavy (non-hydrogen) atoms. The number of para-hydroxylation sites is 2. The average molecular weight is 651 g/mol. The van der Waals surface area contributed by atoms with Crippen molar-refractivity contribution in [2.75, 3.05) is 0 Å². The predicted octanol–water partition coefficient (Wildman–Crippen LogP) is 13.1. The van der Waals surface area contributed by atoms with Crippen molar-refractivity contribution in [2.45, 2.75) is 0 Å². The van der Waals surface area contributed by atoms with Crippen LogP contribution in [0.2, 0.25) is 0 Å². The number of hydrogen-bond donors (Lipinski definition) is 0. The fraction of sp³-hybridized carbons (Fsp3) is 0. The van der Waals surface area contributed by atoms with Crippen LogP contribution in [0.25, 0.3) is 99.2 Å². The van der Waals surface area contributed by atoms with Crippen molar-refractivity contribution in [2.24, 2.45) is 0 Å². The van der Waals surface area contributed by atoms with Crippen molar-refractivity contribution in [3.63, 3.8) is 0 Å². The number of furan rings is 1. The van der Waals surface area contributed by atoms with Crippen LogP contribution in [0.3, 0.4) is 0 Å². The van der Waals surface area contributed by atoms with Crippen LogP contribution in [0.4, 0.5) is 0 Å². The molecule has 238 valence electrons. The molecule has 0 unspecified atom stereocenters. The normalized spacial score (nSPS) is 11.9. The molecular formula is C48H30N2O. The Labute approximate surface area is 293 Å². The van der Waals surface area contributed by atoms with Crippen LogP contribution in [-0.4, -0.2) is 9.13 Å². The van der Waals surface area contributed by atoms with E-state index in [1.54, 1.807) is 0 Å². The minimum atomic E-state index is 0.893. The van der Waals surface area contributed by atoms with Gasteiger partial charge in [0.2, 0.25) is 0 Å².